The highest BCUT2D eigenvalue weighted by atomic mass is 19.4. The first-order valence-corrected chi connectivity index (χ1v) is 11.0. The number of hydrogen-bond acceptors (Lipinski definition) is 8. The van der Waals surface area contributed by atoms with Gasteiger partial charge < -0.3 is 19.4 Å². The lowest BCUT2D eigenvalue weighted by molar-refractivity contribution is -0.181. The number of aromatic nitrogens is 3. The fourth-order valence-electron chi connectivity index (χ4n) is 4.82. The average molecular weight is 478 g/mol. The van der Waals surface area contributed by atoms with E-state index in [0.29, 0.717) is 24.8 Å². The Hall–Kier alpha value is -3.15. The third kappa shape index (κ3) is 3.51. The zero-order valence-electron chi connectivity index (χ0n) is 19.0. The van der Waals surface area contributed by atoms with Crippen LogP contribution in [0.25, 0.3) is 0 Å². The van der Waals surface area contributed by atoms with E-state index in [1.165, 1.54) is 18.3 Å². The van der Waals surface area contributed by atoms with E-state index in [1.807, 2.05) is 4.90 Å². The number of carbonyl (C=O) groups excluding carboxylic acids is 1. The molecule has 2 bridgehead atoms. The Morgan fingerprint density at radius 3 is 2.65 bits per heavy atom. The van der Waals surface area contributed by atoms with E-state index in [-0.39, 0.29) is 23.7 Å². The topological polar surface area (TPSA) is 83.8 Å². The summed E-state index contributed by atoms with van der Waals surface area (Å²) >= 11 is 0. The molecule has 0 unspecified atom stereocenters. The second-order valence-corrected chi connectivity index (χ2v) is 9.42. The lowest BCUT2D eigenvalue weighted by Crippen LogP contribution is -2.57. The van der Waals surface area contributed by atoms with Crippen LogP contribution in [-0.4, -0.2) is 78.0 Å². The zero-order chi connectivity index (χ0) is 24.4. The minimum atomic E-state index is -4.71. The molecule has 2 saturated heterocycles. The predicted molar refractivity (Wildman–Crippen MR) is 119 cm³/mol. The maximum Gasteiger partial charge on any atom is 0.413 e. The van der Waals surface area contributed by atoms with Crippen LogP contribution in [0, 0.1) is 0 Å². The van der Waals surface area contributed by atoms with Crippen molar-refractivity contribution >= 4 is 23.4 Å². The number of halogens is 3. The second-order valence-electron chi connectivity index (χ2n) is 9.42. The lowest BCUT2D eigenvalue weighted by atomic mass is 10.00. The van der Waals surface area contributed by atoms with Crippen LogP contribution in [0.4, 0.5) is 30.8 Å². The largest absolute Gasteiger partial charge is 0.413 e. The maximum absolute atomic E-state index is 14.3. The Labute approximate surface area is 193 Å². The van der Waals surface area contributed by atoms with Crippen molar-refractivity contribution in [3.05, 3.63) is 40.3 Å². The molecule has 3 aliphatic rings. The molecule has 0 aliphatic carbocycles. The average Bonchev–Trinajstić information content (AvgIpc) is 3.48. The molecule has 2 aromatic rings. The van der Waals surface area contributed by atoms with Crippen molar-refractivity contribution in [3.8, 4) is 0 Å². The number of carbonyl (C=O) groups is 1. The summed E-state index contributed by atoms with van der Waals surface area (Å²) in [5, 5.41) is 0. The number of pyridine rings is 1. The van der Waals surface area contributed by atoms with Gasteiger partial charge in [0, 0.05) is 38.5 Å². The van der Waals surface area contributed by atoms with Gasteiger partial charge in [0.05, 0.1) is 31.8 Å². The molecular weight excluding hydrogens is 453 g/mol. The van der Waals surface area contributed by atoms with Crippen molar-refractivity contribution in [1.82, 2.24) is 14.5 Å². The minimum absolute atomic E-state index is 0.0265. The Morgan fingerprint density at radius 2 is 2.09 bits per heavy atom. The second kappa shape index (κ2) is 7.69. The number of alkyl halides is 3. The summed E-state index contributed by atoms with van der Waals surface area (Å²) in [6.45, 7) is 0.776. The summed E-state index contributed by atoms with van der Waals surface area (Å²) in [6, 6.07) is 4.46. The molecule has 0 aromatic carbocycles. The van der Waals surface area contributed by atoms with Crippen LogP contribution in [0.2, 0.25) is 0 Å². The molecule has 0 spiro atoms. The summed E-state index contributed by atoms with van der Waals surface area (Å²) in [4.78, 5) is 39.1. The van der Waals surface area contributed by atoms with Crippen molar-refractivity contribution in [1.29, 1.82) is 0 Å². The van der Waals surface area contributed by atoms with Gasteiger partial charge in [-0.05, 0) is 25.5 Å². The molecule has 12 heteroatoms. The summed E-state index contributed by atoms with van der Waals surface area (Å²) < 4.78 is 49.4. The van der Waals surface area contributed by atoms with Gasteiger partial charge in [-0.2, -0.15) is 18.2 Å². The van der Waals surface area contributed by atoms with Crippen LogP contribution < -0.4 is 20.3 Å². The first-order chi connectivity index (χ1) is 16.0. The van der Waals surface area contributed by atoms with E-state index in [9.17, 15) is 22.8 Å². The monoisotopic (exact) mass is 478 g/mol. The first kappa shape index (κ1) is 22.6. The van der Waals surface area contributed by atoms with E-state index in [2.05, 4.69) is 9.97 Å². The highest BCUT2D eigenvalue weighted by Gasteiger charge is 2.60. The van der Waals surface area contributed by atoms with Gasteiger partial charge in [0.25, 0.3) is 5.56 Å². The van der Waals surface area contributed by atoms with Crippen LogP contribution in [0.15, 0.2) is 29.2 Å². The van der Waals surface area contributed by atoms with Gasteiger partial charge in [-0.1, -0.05) is 0 Å². The van der Waals surface area contributed by atoms with Crippen molar-refractivity contribution in [2.24, 2.45) is 0 Å². The van der Waals surface area contributed by atoms with Crippen LogP contribution in [0.5, 0.6) is 0 Å². The molecule has 0 saturated carbocycles. The Balaban J connectivity index is 1.52. The van der Waals surface area contributed by atoms with Gasteiger partial charge in [-0.3, -0.25) is 14.2 Å². The summed E-state index contributed by atoms with van der Waals surface area (Å²) in [6.07, 6.45) is -2.55. The quantitative estimate of drug-likeness (QED) is 0.601. The van der Waals surface area contributed by atoms with Gasteiger partial charge >= 0.3 is 6.18 Å². The fraction of sp³-hybridized carbons (Fsp3) is 0.545. The van der Waals surface area contributed by atoms with E-state index in [4.69, 9.17) is 4.74 Å². The van der Waals surface area contributed by atoms with E-state index >= 15 is 0 Å². The molecule has 3 atom stereocenters. The summed E-state index contributed by atoms with van der Waals surface area (Å²) in [5.41, 5.74) is -2.86. The molecule has 2 aromatic heterocycles. The van der Waals surface area contributed by atoms with Crippen molar-refractivity contribution < 1.29 is 22.7 Å². The van der Waals surface area contributed by atoms with Gasteiger partial charge in [0.2, 0.25) is 5.95 Å². The third-order valence-electron chi connectivity index (χ3n) is 6.91. The zero-order valence-corrected chi connectivity index (χ0v) is 19.0. The first-order valence-electron chi connectivity index (χ1n) is 11.0. The molecular formula is C22H25F3N6O3. The van der Waals surface area contributed by atoms with Crippen molar-refractivity contribution in [2.45, 2.75) is 43.8 Å². The van der Waals surface area contributed by atoms with Gasteiger partial charge in [0.1, 0.15) is 11.6 Å². The van der Waals surface area contributed by atoms with Gasteiger partial charge in [0.15, 0.2) is 11.3 Å². The van der Waals surface area contributed by atoms with Crippen LogP contribution in [0.3, 0.4) is 0 Å². The Kier molecular flexibility index (Phi) is 5.12. The fourth-order valence-corrected chi connectivity index (χ4v) is 4.82. The molecule has 3 aliphatic heterocycles. The van der Waals surface area contributed by atoms with Gasteiger partial charge in [-0.15, -0.1) is 0 Å². The highest BCUT2D eigenvalue weighted by Crippen LogP contribution is 2.43. The number of nitrogens with zero attached hydrogens (tertiary/aromatic N) is 6. The molecule has 5 rings (SSSR count). The molecule has 0 amide bonds. The minimum Gasteiger partial charge on any atom is -0.374 e. The van der Waals surface area contributed by atoms with Crippen LogP contribution in [0.1, 0.15) is 23.7 Å². The van der Waals surface area contributed by atoms with Crippen molar-refractivity contribution in [2.75, 3.05) is 48.5 Å². The molecule has 2 fully saturated rings. The number of hydrogen-bond donors (Lipinski definition) is 0. The standard InChI is InChI=1S/C22H25F3N6O3/c1-21(22(23,24)25)12-30-19(33)7-18(29-9-15-6-14(29)11-34-15)27-20(30)31(21)10-16(32)13-4-5-17(26-8-13)28(2)3/h4-5,7-8,14-15H,6,9-12H2,1-3H3/t14-,15+,21-/m0/s1. The van der Waals surface area contributed by atoms with E-state index in [1.54, 1.807) is 25.1 Å². The maximum atomic E-state index is 14.3. The van der Waals surface area contributed by atoms with Gasteiger partial charge in [-0.25, -0.2) is 4.98 Å². The number of fused-ring (bicyclic) bond motifs is 3. The Bertz CT molecular complexity index is 1180. The number of ether oxygens (including phenoxy) is 1. The molecule has 34 heavy (non-hydrogen) atoms. The number of morpholine rings is 1. The normalized spacial score (nSPS) is 25.7. The van der Waals surface area contributed by atoms with Crippen LogP contribution >= 0.6 is 0 Å². The van der Waals surface area contributed by atoms with Crippen LogP contribution in [-0.2, 0) is 11.3 Å². The van der Waals surface area contributed by atoms with Crippen molar-refractivity contribution in [3.63, 3.8) is 0 Å². The smallest absolute Gasteiger partial charge is 0.374 e. The number of rotatable bonds is 5. The van der Waals surface area contributed by atoms with E-state index in [0.717, 1.165) is 22.8 Å². The molecule has 0 radical (unpaired) electrons. The number of anilines is 3. The molecule has 9 nitrogen and oxygen atoms in total. The van der Waals surface area contributed by atoms with E-state index < -0.39 is 36.1 Å². The third-order valence-corrected chi connectivity index (χ3v) is 6.91. The summed E-state index contributed by atoms with van der Waals surface area (Å²) in [5.74, 6) is 0.227. The molecule has 182 valence electrons. The number of ketones is 1. The molecule has 5 heterocycles. The molecule has 0 N–H and O–H groups in total. The predicted octanol–water partition coefficient (Wildman–Crippen LogP) is 1.71. The number of Topliss-reactive ketones (excluding diaryl/α,β-unsaturated/α-hetero) is 1. The lowest BCUT2D eigenvalue weighted by Gasteiger charge is -2.36. The SMILES string of the molecule is CN(C)c1ccc(C(=O)CN2c3nc(N4C[C@H]5C[C@H]4CO5)cc(=O)n3C[C@@]2(C)C(F)(F)F)cn1. The Morgan fingerprint density at radius 1 is 1.32 bits per heavy atom. The highest BCUT2D eigenvalue weighted by molar-refractivity contribution is 5.99. The summed E-state index contributed by atoms with van der Waals surface area (Å²) in [7, 11) is 3.58.